The number of carbonyl (C=O) groups excluding carboxylic acids is 2. The molecule has 2 aliphatic rings. The van der Waals surface area contributed by atoms with Crippen molar-refractivity contribution in [1.29, 1.82) is 0 Å². The molecule has 0 bridgehead atoms. The summed E-state index contributed by atoms with van der Waals surface area (Å²) < 4.78 is 0. The minimum Gasteiger partial charge on any atom is -0.392 e. The maximum Gasteiger partial charge on any atom is 0.190 e. The molecular weight excluding hydrogens is 252 g/mol. The van der Waals surface area contributed by atoms with Crippen molar-refractivity contribution in [3.05, 3.63) is 58.2 Å². The van der Waals surface area contributed by atoms with Gasteiger partial charge in [-0.05, 0) is 20.3 Å². The molecule has 0 radical (unpaired) electrons. The van der Waals surface area contributed by atoms with Gasteiger partial charge in [-0.1, -0.05) is 35.9 Å². The molecule has 3 nitrogen and oxygen atoms in total. The van der Waals surface area contributed by atoms with Gasteiger partial charge in [0, 0.05) is 28.2 Å². The number of hydrogen-bond acceptors (Lipinski definition) is 3. The van der Waals surface area contributed by atoms with Crippen LogP contribution in [-0.2, 0) is 0 Å². The molecule has 0 fully saturated rings. The van der Waals surface area contributed by atoms with Gasteiger partial charge in [0.15, 0.2) is 11.6 Å². The van der Waals surface area contributed by atoms with Gasteiger partial charge in [-0.25, -0.2) is 0 Å². The number of rotatable bonds is 1. The summed E-state index contributed by atoms with van der Waals surface area (Å²) in [6.07, 6.45) is 1.73. The largest absolute Gasteiger partial charge is 0.392 e. The van der Waals surface area contributed by atoms with Crippen molar-refractivity contribution in [1.82, 2.24) is 0 Å². The zero-order valence-electron chi connectivity index (χ0n) is 11.5. The summed E-state index contributed by atoms with van der Waals surface area (Å²) in [5, 5.41) is 10.00. The molecule has 2 atom stereocenters. The van der Waals surface area contributed by atoms with Crippen molar-refractivity contribution in [2.45, 2.75) is 26.4 Å². The Morgan fingerprint density at radius 3 is 2.35 bits per heavy atom. The van der Waals surface area contributed by atoms with Gasteiger partial charge in [-0.3, -0.25) is 9.59 Å². The van der Waals surface area contributed by atoms with E-state index in [0.717, 1.165) is 5.57 Å². The Hall–Kier alpha value is -2.00. The van der Waals surface area contributed by atoms with Crippen molar-refractivity contribution in [2.75, 3.05) is 0 Å². The summed E-state index contributed by atoms with van der Waals surface area (Å²) in [6, 6.07) is 6.91. The van der Waals surface area contributed by atoms with Gasteiger partial charge in [-0.15, -0.1) is 0 Å². The molecule has 0 aromatic heterocycles. The zero-order chi connectivity index (χ0) is 14.4. The molecule has 0 aliphatic heterocycles. The predicted octanol–water partition coefficient (Wildman–Crippen LogP) is 2.71. The molecule has 0 saturated heterocycles. The normalized spacial score (nSPS) is 23.1. The fraction of sp³-hybridized carbons (Fsp3) is 0.294. The van der Waals surface area contributed by atoms with Crippen molar-refractivity contribution in [3.63, 3.8) is 0 Å². The molecule has 0 saturated carbocycles. The first-order chi connectivity index (χ1) is 9.52. The maximum atomic E-state index is 12.7. The Labute approximate surface area is 117 Å². The lowest BCUT2D eigenvalue weighted by Crippen LogP contribution is -2.33. The Balaban J connectivity index is 2.21. The van der Waals surface area contributed by atoms with E-state index in [9.17, 15) is 14.7 Å². The Bertz CT molecular complexity index is 677. The highest BCUT2D eigenvalue weighted by atomic mass is 16.3. The second-order valence-electron chi connectivity index (χ2n) is 5.47. The molecule has 1 aromatic carbocycles. The minimum absolute atomic E-state index is 0.0791. The number of allylic oxidation sites excluding steroid dienone is 2. The lowest BCUT2D eigenvalue weighted by molar-refractivity contribution is 0.0934. The highest BCUT2D eigenvalue weighted by molar-refractivity contribution is 6.27. The first-order valence-corrected chi connectivity index (χ1v) is 6.78. The van der Waals surface area contributed by atoms with E-state index in [1.807, 2.05) is 13.0 Å². The molecule has 1 N–H and O–H groups in total. The van der Waals surface area contributed by atoms with E-state index < -0.39 is 6.10 Å². The summed E-state index contributed by atoms with van der Waals surface area (Å²) in [5.74, 6) is -0.568. The van der Waals surface area contributed by atoms with Crippen molar-refractivity contribution >= 4 is 11.6 Å². The third kappa shape index (κ3) is 1.70. The SMILES string of the molecule is CC1=CCC2=C(C(=O)c3ccccc3C2=O)[C@H]1[C@H](C)O. The van der Waals surface area contributed by atoms with Gasteiger partial charge in [0.1, 0.15) is 0 Å². The van der Waals surface area contributed by atoms with Gasteiger partial charge in [0.2, 0.25) is 0 Å². The van der Waals surface area contributed by atoms with Crippen LogP contribution in [0.3, 0.4) is 0 Å². The van der Waals surface area contributed by atoms with Crippen LogP contribution >= 0.6 is 0 Å². The molecule has 0 amide bonds. The van der Waals surface area contributed by atoms with Crippen LogP contribution in [0.25, 0.3) is 0 Å². The van der Waals surface area contributed by atoms with E-state index in [4.69, 9.17) is 0 Å². The van der Waals surface area contributed by atoms with E-state index in [-0.39, 0.29) is 17.5 Å². The van der Waals surface area contributed by atoms with Gasteiger partial charge in [0.25, 0.3) is 0 Å². The quantitative estimate of drug-likeness (QED) is 0.797. The number of Topliss-reactive ketones (excluding diaryl/α,β-unsaturated/α-hetero) is 2. The van der Waals surface area contributed by atoms with Crippen LogP contribution in [-0.4, -0.2) is 22.8 Å². The van der Waals surface area contributed by atoms with Crippen molar-refractivity contribution in [2.24, 2.45) is 5.92 Å². The van der Waals surface area contributed by atoms with Crippen molar-refractivity contribution in [3.8, 4) is 0 Å². The van der Waals surface area contributed by atoms with E-state index in [0.29, 0.717) is 28.7 Å². The molecule has 3 heteroatoms. The first kappa shape index (κ1) is 13.0. The number of fused-ring (bicyclic) bond motifs is 1. The van der Waals surface area contributed by atoms with E-state index in [1.165, 1.54) is 0 Å². The van der Waals surface area contributed by atoms with E-state index in [1.54, 1.807) is 31.2 Å². The summed E-state index contributed by atoms with van der Waals surface area (Å²) in [7, 11) is 0. The van der Waals surface area contributed by atoms with Crippen LogP contribution in [0, 0.1) is 5.92 Å². The van der Waals surface area contributed by atoms with Gasteiger partial charge in [0.05, 0.1) is 6.10 Å². The van der Waals surface area contributed by atoms with Crippen molar-refractivity contribution < 1.29 is 14.7 Å². The number of hydrogen-bond donors (Lipinski definition) is 1. The Morgan fingerprint density at radius 1 is 1.15 bits per heavy atom. The standard InChI is InChI=1S/C17H16O3/c1-9-7-8-13-15(14(9)10(2)18)17(20)12-6-4-3-5-11(12)16(13)19/h3-7,10,14,18H,8H2,1-2H3/t10-,14+/m0/s1. The average molecular weight is 268 g/mol. The summed E-state index contributed by atoms with van der Waals surface area (Å²) in [4.78, 5) is 25.3. The molecule has 1 aromatic rings. The first-order valence-electron chi connectivity index (χ1n) is 6.78. The molecule has 2 aliphatic carbocycles. The molecule has 0 spiro atoms. The third-order valence-corrected chi connectivity index (χ3v) is 4.17. The zero-order valence-corrected chi connectivity index (χ0v) is 11.5. The maximum absolute atomic E-state index is 12.7. The topological polar surface area (TPSA) is 54.4 Å². The fourth-order valence-electron chi connectivity index (χ4n) is 3.22. The number of carbonyl (C=O) groups is 2. The monoisotopic (exact) mass is 268 g/mol. The highest BCUT2D eigenvalue weighted by Gasteiger charge is 2.39. The minimum atomic E-state index is -0.682. The lowest BCUT2D eigenvalue weighted by atomic mass is 9.71. The number of ketones is 2. The molecule has 102 valence electrons. The second-order valence-corrected chi connectivity index (χ2v) is 5.47. The van der Waals surface area contributed by atoms with Crippen LogP contribution in [0.5, 0.6) is 0 Å². The van der Waals surface area contributed by atoms with Crippen LogP contribution < -0.4 is 0 Å². The van der Waals surface area contributed by atoms with Crippen LogP contribution in [0.1, 0.15) is 41.0 Å². The van der Waals surface area contributed by atoms with Gasteiger partial charge >= 0.3 is 0 Å². The fourth-order valence-corrected chi connectivity index (χ4v) is 3.22. The number of aliphatic hydroxyl groups is 1. The number of benzene rings is 1. The number of aliphatic hydroxyl groups excluding tert-OH is 1. The summed E-state index contributed by atoms with van der Waals surface area (Å²) >= 11 is 0. The Kier molecular flexibility index (Phi) is 2.94. The van der Waals surface area contributed by atoms with Crippen LogP contribution in [0.15, 0.2) is 47.1 Å². The summed E-state index contributed by atoms with van der Waals surface area (Å²) in [5.41, 5.74) is 2.93. The highest BCUT2D eigenvalue weighted by Crippen LogP contribution is 2.39. The van der Waals surface area contributed by atoms with E-state index in [2.05, 4.69) is 0 Å². The Morgan fingerprint density at radius 2 is 1.75 bits per heavy atom. The molecular formula is C17H16O3. The van der Waals surface area contributed by atoms with Gasteiger partial charge < -0.3 is 5.11 Å². The molecule has 0 heterocycles. The average Bonchev–Trinajstić information content (AvgIpc) is 2.44. The van der Waals surface area contributed by atoms with Crippen LogP contribution in [0.4, 0.5) is 0 Å². The molecule has 3 rings (SSSR count). The molecule has 0 unspecified atom stereocenters. The lowest BCUT2D eigenvalue weighted by Gasteiger charge is -2.32. The smallest absolute Gasteiger partial charge is 0.190 e. The predicted molar refractivity (Wildman–Crippen MR) is 75.7 cm³/mol. The van der Waals surface area contributed by atoms with Crippen LogP contribution in [0.2, 0.25) is 0 Å². The van der Waals surface area contributed by atoms with Gasteiger partial charge in [-0.2, -0.15) is 0 Å². The molecule has 20 heavy (non-hydrogen) atoms. The van der Waals surface area contributed by atoms with E-state index >= 15 is 0 Å². The summed E-state index contributed by atoms with van der Waals surface area (Å²) in [6.45, 7) is 3.57. The second kappa shape index (κ2) is 4.53. The third-order valence-electron chi connectivity index (χ3n) is 4.17.